The van der Waals surface area contributed by atoms with Crippen LogP contribution < -0.4 is 4.90 Å². The van der Waals surface area contributed by atoms with E-state index in [1.807, 2.05) is 19.1 Å². The van der Waals surface area contributed by atoms with Crippen molar-refractivity contribution in [3.8, 4) is 0 Å². The summed E-state index contributed by atoms with van der Waals surface area (Å²) in [6.45, 7) is 3.32. The lowest BCUT2D eigenvalue weighted by molar-refractivity contribution is -0.132. The fraction of sp³-hybridized carbons (Fsp3) is 0.364. The Morgan fingerprint density at radius 3 is 3.07 bits per heavy atom. The molecule has 0 fully saturated rings. The maximum atomic E-state index is 10.2. The first-order chi connectivity index (χ1) is 6.83. The Morgan fingerprint density at radius 1 is 1.50 bits per heavy atom. The Kier molecular flexibility index (Phi) is 2.39. The molecule has 0 unspecified atom stereocenters. The molecule has 0 spiro atoms. The van der Waals surface area contributed by atoms with Crippen molar-refractivity contribution in [3.05, 3.63) is 29.8 Å². The Morgan fingerprint density at radius 2 is 2.29 bits per heavy atom. The molecule has 0 saturated carbocycles. The first-order valence-electron chi connectivity index (χ1n) is 4.76. The second-order valence-corrected chi connectivity index (χ2v) is 3.40. The van der Waals surface area contributed by atoms with Crippen molar-refractivity contribution < 1.29 is 9.53 Å². The number of ether oxygens (including phenoxy) is 1. The van der Waals surface area contributed by atoms with Crippen LogP contribution in [0.25, 0.3) is 0 Å². The van der Waals surface area contributed by atoms with Crippen LogP contribution in [-0.4, -0.2) is 19.2 Å². The van der Waals surface area contributed by atoms with Gasteiger partial charge in [0.1, 0.15) is 0 Å². The normalized spacial score (nSPS) is 16.2. The van der Waals surface area contributed by atoms with Crippen LogP contribution in [0.4, 0.5) is 5.69 Å². The third-order valence-corrected chi connectivity index (χ3v) is 2.61. The molecule has 1 atom stereocenters. The van der Waals surface area contributed by atoms with Crippen LogP contribution in [0.15, 0.2) is 24.3 Å². The van der Waals surface area contributed by atoms with E-state index < -0.39 is 0 Å². The molecule has 1 aromatic carbocycles. The van der Waals surface area contributed by atoms with Crippen molar-refractivity contribution >= 4 is 12.2 Å². The number of rotatable bonds is 3. The summed E-state index contributed by atoms with van der Waals surface area (Å²) < 4.78 is 4.93. The van der Waals surface area contributed by atoms with Gasteiger partial charge in [-0.1, -0.05) is 18.2 Å². The summed E-state index contributed by atoms with van der Waals surface area (Å²) in [4.78, 5) is 12.3. The highest BCUT2D eigenvalue weighted by molar-refractivity contribution is 5.58. The van der Waals surface area contributed by atoms with Crippen LogP contribution >= 0.6 is 0 Å². The first-order valence-corrected chi connectivity index (χ1v) is 4.76. The molecule has 0 radical (unpaired) electrons. The minimum atomic E-state index is -0.170. The van der Waals surface area contributed by atoms with Gasteiger partial charge in [0.2, 0.25) is 0 Å². The zero-order valence-electron chi connectivity index (χ0n) is 8.14. The SMILES string of the molecule is C[C@H](OC=O)N1CCc2ccccc21. The smallest absolute Gasteiger partial charge is 0.294 e. The van der Waals surface area contributed by atoms with Crippen LogP contribution in [0.3, 0.4) is 0 Å². The lowest BCUT2D eigenvalue weighted by Crippen LogP contribution is -2.33. The van der Waals surface area contributed by atoms with E-state index in [1.165, 1.54) is 11.3 Å². The molecular formula is C11H13NO2. The number of para-hydroxylation sites is 1. The Balaban J connectivity index is 2.21. The number of carbonyl (C=O) groups is 1. The van der Waals surface area contributed by atoms with Crippen molar-refractivity contribution in [2.45, 2.75) is 19.6 Å². The van der Waals surface area contributed by atoms with Crippen LogP contribution in [0.2, 0.25) is 0 Å². The number of nitrogens with zero attached hydrogens (tertiary/aromatic N) is 1. The molecule has 74 valence electrons. The highest BCUT2D eigenvalue weighted by Gasteiger charge is 2.23. The summed E-state index contributed by atoms with van der Waals surface area (Å²) in [7, 11) is 0. The fourth-order valence-electron chi connectivity index (χ4n) is 1.90. The van der Waals surface area contributed by atoms with Crippen LogP contribution in [0, 0.1) is 0 Å². The molecule has 0 N–H and O–H groups in total. The Hall–Kier alpha value is -1.51. The van der Waals surface area contributed by atoms with Gasteiger partial charge in [-0.2, -0.15) is 0 Å². The summed E-state index contributed by atoms with van der Waals surface area (Å²) in [5.41, 5.74) is 2.51. The number of hydrogen-bond donors (Lipinski definition) is 0. The van der Waals surface area contributed by atoms with E-state index in [9.17, 15) is 4.79 Å². The Bertz CT molecular complexity index is 338. The van der Waals surface area contributed by atoms with Crippen LogP contribution in [0.1, 0.15) is 12.5 Å². The second-order valence-electron chi connectivity index (χ2n) is 3.40. The summed E-state index contributed by atoms with van der Waals surface area (Å²) in [6, 6.07) is 8.22. The molecular weight excluding hydrogens is 178 g/mol. The number of carbonyl (C=O) groups excluding carboxylic acids is 1. The fourth-order valence-corrected chi connectivity index (χ4v) is 1.90. The molecule has 1 aliphatic heterocycles. The molecule has 0 saturated heterocycles. The Labute approximate surface area is 83.3 Å². The first kappa shape index (κ1) is 9.06. The van der Waals surface area contributed by atoms with Gasteiger partial charge in [0.05, 0.1) is 0 Å². The third-order valence-electron chi connectivity index (χ3n) is 2.61. The lowest BCUT2D eigenvalue weighted by atomic mass is 10.2. The number of anilines is 1. The third kappa shape index (κ3) is 1.45. The lowest BCUT2D eigenvalue weighted by Gasteiger charge is -2.25. The highest BCUT2D eigenvalue weighted by Crippen LogP contribution is 2.28. The molecule has 0 amide bonds. The zero-order valence-corrected chi connectivity index (χ0v) is 8.14. The summed E-state index contributed by atoms with van der Waals surface area (Å²) in [5, 5.41) is 0. The molecule has 0 aliphatic carbocycles. The topological polar surface area (TPSA) is 29.5 Å². The van der Waals surface area contributed by atoms with E-state index in [-0.39, 0.29) is 6.23 Å². The monoisotopic (exact) mass is 191 g/mol. The van der Waals surface area contributed by atoms with Gasteiger partial charge in [0.15, 0.2) is 6.23 Å². The number of hydrogen-bond acceptors (Lipinski definition) is 3. The van der Waals surface area contributed by atoms with Gasteiger partial charge in [0.25, 0.3) is 6.47 Å². The standard InChI is InChI=1S/C11H13NO2/c1-9(14-8-13)12-7-6-10-4-2-3-5-11(10)12/h2-5,8-9H,6-7H2,1H3/t9-/m0/s1. The van der Waals surface area contributed by atoms with Gasteiger partial charge in [-0.15, -0.1) is 0 Å². The molecule has 1 aromatic rings. The summed E-state index contributed by atoms with van der Waals surface area (Å²) in [6.07, 6.45) is 0.860. The van der Waals surface area contributed by atoms with Gasteiger partial charge in [0, 0.05) is 12.2 Å². The van der Waals surface area contributed by atoms with Gasteiger partial charge in [-0.25, -0.2) is 0 Å². The molecule has 1 heterocycles. The quantitative estimate of drug-likeness (QED) is 0.679. The molecule has 3 nitrogen and oxygen atoms in total. The molecule has 2 rings (SSSR count). The van der Waals surface area contributed by atoms with Gasteiger partial charge in [-0.05, 0) is 25.0 Å². The van der Waals surface area contributed by atoms with Gasteiger partial charge >= 0.3 is 0 Å². The summed E-state index contributed by atoms with van der Waals surface area (Å²) >= 11 is 0. The van der Waals surface area contributed by atoms with E-state index in [4.69, 9.17) is 4.74 Å². The van der Waals surface area contributed by atoms with Crippen molar-refractivity contribution in [1.82, 2.24) is 0 Å². The highest BCUT2D eigenvalue weighted by atomic mass is 16.5. The van der Waals surface area contributed by atoms with Gasteiger partial charge in [-0.3, -0.25) is 4.79 Å². The number of benzene rings is 1. The largest absolute Gasteiger partial charge is 0.444 e. The van der Waals surface area contributed by atoms with Crippen molar-refractivity contribution in [1.29, 1.82) is 0 Å². The van der Waals surface area contributed by atoms with E-state index in [1.54, 1.807) is 0 Å². The molecule has 1 aliphatic rings. The number of fused-ring (bicyclic) bond motifs is 1. The minimum absolute atomic E-state index is 0.170. The van der Waals surface area contributed by atoms with Crippen LogP contribution in [0.5, 0.6) is 0 Å². The minimum Gasteiger partial charge on any atom is -0.444 e. The zero-order chi connectivity index (χ0) is 9.97. The molecule has 0 bridgehead atoms. The van der Waals surface area contributed by atoms with E-state index >= 15 is 0 Å². The predicted molar refractivity (Wildman–Crippen MR) is 54.1 cm³/mol. The second kappa shape index (κ2) is 3.70. The summed E-state index contributed by atoms with van der Waals surface area (Å²) in [5.74, 6) is 0. The predicted octanol–water partition coefficient (Wildman–Crippen LogP) is 1.57. The molecule has 14 heavy (non-hydrogen) atoms. The van der Waals surface area contributed by atoms with Crippen molar-refractivity contribution in [2.24, 2.45) is 0 Å². The average Bonchev–Trinajstić information content (AvgIpc) is 2.61. The van der Waals surface area contributed by atoms with Crippen molar-refractivity contribution in [3.63, 3.8) is 0 Å². The maximum Gasteiger partial charge on any atom is 0.294 e. The average molecular weight is 191 g/mol. The van der Waals surface area contributed by atoms with Gasteiger partial charge < -0.3 is 9.64 Å². The van der Waals surface area contributed by atoms with E-state index in [0.29, 0.717) is 6.47 Å². The van der Waals surface area contributed by atoms with E-state index in [0.717, 1.165) is 13.0 Å². The van der Waals surface area contributed by atoms with E-state index in [2.05, 4.69) is 17.0 Å². The van der Waals surface area contributed by atoms with Crippen molar-refractivity contribution in [2.75, 3.05) is 11.4 Å². The molecule has 3 heteroatoms. The maximum absolute atomic E-state index is 10.2. The van der Waals surface area contributed by atoms with Crippen LogP contribution in [-0.2, 0) is 16.0 Å². The molecule has 0 aromatic heterocycles.